The SMILES string of the molecule is CN(CCC#N)C(=O)CN1CCC(C(N)=O)CC1. The van der Waals surface area contributed by atoms with E-state index in [-0.39, 0.29) is 17.7 Å². The molecule has 1 fully saturated rings. The van der Waals surface area contributed by atoms with Crippen LogP contribution in [0.2, 0.25) is 0 Å². The molecule has 1 heterocycles. The Hall–Kier alpha value is -1.61. The summed E-state index contributed by atoms with van der Waals surface area (Å²) in [7, 11) is 1.70. The molecule has 1 rings (SSSR count). The van der Waals surface area contributed by atoms with Gasteiger partial charge in [0.1, 0.15) is 0 Å². The third kappa shape index (κ3) is 4.34. The normalized spacial score (nSPS) is 17.1. The highest BCUT2D eigenvalue weighted by molar-refractivity contribution is 5.78. The quantitative estimate of drug-likeness (QED) is 0.718. The minimum Gasteiger partial charge on any atom is -0.369 e. The monoisotopic (exact) mass is 252 g/mol. The maximum atomic E-state index is 11.8. The van der Waals surface area contributed by atoms with Gasteiger partial charge in [0.25, 0.3) is 0 Å². The van der Waals surface area contributed by atoms with Crippen molar-refractivity contribution in [1.82, 2.24) is 9.80 Å². The Morgan fingerprint density at radius 1 is 1.44 bits per heavy atom. The molecule has 100 valence electrons. The predicted octanol–water partition coefficient (Wildman–Crippen LogP) is -0.444. The number of likely N-dealkylation sites (N-methyl/N-ethyl adjacent to an activating group) is 1. The second kappa shape index (κ2) is 6.97. The van der Waals surface area contributed by atoms with Crippen molar-refractivity contribution in [2.75, 3.05) is 33.2 Å². The molecule has 0 spiro atoms. The number of carbonyl (C=O) groups excluding carboxylic acids is 2. The van der Waals surface area contributed by atoms with Crippen LogP contribution >= 0.6 is 0 Å². The first-order valence-electron chi connectivity index (χ1n) is 6.17. The Labute approximate surface area is 107 Å². The van der Waals surface area contributed by atoms with Crippen molar-refractivity contribution in [1.29, 1.82) is 5.26 Å². The van der Waals surface area contributed by atoms with E-state index in [2.05, 4.69) is 0 Å². The Morgan fingerprint density at radius 2 is 2.06 bits per heavy atom. The first-order chi connectivity index (χ1) is 8.54. The van der Waals surface area contributed by atoms with Crippen molar-refractivity contribution in [3.8, 4) is 6.07 Å². The van der Waals surface area contributed by atoms with Crippen molar-refractivity contribution in [2.24, 2.45) is 11.7 Å². The minimum atomic E-state index is -0.243. The Bertz CT molecular complexity index is 342. The third-order valence-corrected chi connectivity index (χ3v) is 3.33. The van der Waals surface area contributed by atoms with Gasteiger partial charge in [-0.25, -0.2) is 0 Å². The number of hydrogen-bond acceptors (Lipinski definition) is 4. The molecule has 0 bridgehead atoms. The van der Waals surface area contributed by atoms with E-state index < -0.39 is 0 Å². The summed E-state index contributed by atoms with van der Waals surface area (Å²) >= 11 is 0. The lowest BCUT2D eigenvalue weighted by Gasteiger charge is -2.31. The zero-order valence-electron chi connectivity index (χ0n) is 10.8. The average Bonchev–Trinajstić information content (AvgIpc) is 2.36. The fourth-order valence-corrected chi connectivity index (χ4v) is 2.03. The predicted molar refractivity (Wildman–Crippen MR) is 66.2 cm³/mol. The number of nitrogens with two attached hydrogens (primary N) is 1. The third-order valence-electron chi connectivity index (χ3n) is 3.33. The summed E-state index contributed by atoms with van der Waals surface area (Å²) < 4.78 is 0. The Morgan fingerprint density at radius 3 is 2.56 bits per heavy atom. The standard InChI is InChI=1S/C12H20N4O2/c1-15(6-2-5-13)11(17)9-16-7-3-10(4-8-16)12(14)18/h10H,2-4,6-9H2,1H3,(H2,14,18). The lowest BCUT2D eigenvalue weighted by molar-refractivity contribution is -0.131. The number of rotatable bonds is 5. The maximum Gasteiger partial charge on any atom is 0.236 e. The molecule has 2 N–H and O–H groups in total. The van der Waals surface area contributed by atoms with Gasteiger partial charge in [-0.2, -0.15) is 5.26 Å². The van der Waals surface area contributed by atoms with Gasteiger partial charge in [0.05, 0.1) is 19.0 Å². The fourth-order valence-electron chi connectivity index (χ4n) is 2.03. The highest BCUT2D eigenvalue weighted by atomic mass is 16.2. The van der Waals surface area contributed by atoms with Crippen LogP contribution in [0.25, 0.3) is 0 Å². The van der Waals surface area contributed by atoms with E-state index in [1.54, 1.807) is 11.9 Å². The smallest absolute Gasteiger partial charge is 0.236 e. The molecule has 0 atom stereocenters. The van der Waals surface area contributed by atoms with Crippen LogP contribution < -0.4 is 5.73 Å². The van der Waals surface area contributed by atoms with E-state index in [0.717, 1.165) is 25.9 Å². The van der Waals surface area contributed by atoms with Crippen molar-refractivity contribution in [3.05, 3.63) is 0 Å². The number of nitrogens with zero attached hydrogens (tertiary/aromatic N) is 3. The summed E-state index contributed by atoms with van der Waals surface area (Å²) in [5.74, 6) is -0.275. The number of amides is 2. The zero-order valence-corrected chi connectivity index (χ0v) is 10.8. The summed E-state index contributed by atoms with van der Waals surface area (Å²) in [6.07, 6.45) is 1.81. The van der Waals surface area contributed by atoms with Gasteiger partial charge in [-0.05, 0) is 25.9 Å². The van der Waals surface area contributed by atoms with Gasteiger partial charge >= 0.3 is 0 Å². The van der Waals surface area contributed by atoms with Crippen molar-refractivity contribution in [2.45, 2.75) is 19.3 Å². The number of nitriles is 1. The molecule has 0 aliphatic carbocycles. The maximum absolute atomic E-state index is 11.8. The lowest BCUT2D eigenvalue weighted by atomic mass is 9.96. The van der Waals surface area contributed by atoms with Gasteiger partial charge in [0.2, 0.25) is 11.8 Å². The minimum absolute atomic E-state index is 0.0165. The second-order valence-electron chi connectivity index (χ2n) is 4.68. The first kappa shape index (κ1) is 14.5. The van der Waals surface area contributed by atoms with E-state index in [1.165, 1.54) is 0 Å². The molecule has 0 unspecified atom stereocenters. The van der Waals surface area contributed by atoms with Crippen molar-refractivity contribution in [3.63, 3.8) is 0 Å². The van der Waals surface area contributed by atoms with Crippen LogP contribution in [0, 0.1) is 17.2 Å². The highest BCUT2D eigenvalue weighted by Crippen LogP contribution is 2.16. The Balaban J connectivity index is 2.30. The molecule has 0 aromatic heterocycles. The van der Waals surface area contributed by atoms with Gasteiger partial charge in [0.15, 0.2) is 0 Å². The van der Waals surface area contributed by atoms with Crippen LogP contribution in [-0.4, -0.2) is 54.8 Å². The molecular weight excluding hydrogens is 232 g/mol. The van der Waals surface area contributed by atoms with Gasteiger partial charge in [-0.1, -0.05) is 0 Å². The molecule has 6 nitrogen and oxygen atoms in total. The molecule has 0 radical (unpaired) electrons. The van der Waals surface area contributed by atoms with Crippen molar-refractivity contribution >= 4 is 11.8 Å². The summed E-state index contributed by atoms with van der Waals surface area (Å²) in [4.78, 5) is 26.4. The molecule has 1 saturated heterocycles. The van der Waals surface area contributed by atoms with Gasteiger partial charge in [-0.3, -0.25) is 14.5 Å². The first-order valence-corrected chi connectivity index (χ1v) is 6.17. The molecule has 0 aromatic carbocycles. The summed E-state index contributed by atoms with van der Waals surface area (Å²) in [5, 5.41) is 8.46. The van der Waals surface area contributed by atoms with E-state index in [9.17, 15) is 9.59 Å². The lowest BCUT2D eigenvalue weighted by Crippen LogP contribution is -2.44. The van der Waals surface area contributed by atoms with Crippen molar-refractivity contribution < 1.29 is 9.59 Å². The van der Waals surface area contributed by atoms with E-state index >= 15 is 0 Å². The number of piperidine rings is 1. The number of carbonyl (C=O) groups is 2. The van der Waals surface area contributed by atoms with Gasteiger partial charge in [0, 0.05) is 19.5 Å². The molecule has 6 heteroatoms. The highest BCUT2D eigenvalue weighted by Gasteiger charge is 2.24. The van der Waals surface area contributed by atoms with Crippen LogP contribution in [-0.2, 0) is 9.59 Å². The van der Waals surface area contributed by atoms with Crippen LogP contribution in [0.3, 0.4) is 0 Å². The zero-order chi connectivity index (χ0) is 13.5. The van der Waals surface area contributed by atoms with E-state index in [0.29, 0.717) is 19.5 Å². The van der Waals surface area contributed by atoms with E-state index in [1.807, 2.05) is 11.0 Å². The fraction of sp³-hybridized carbons (Fsp3) is 0.750. The van der Waals surface area contributed by atoms with Gasteiger partial charge < -0.3 is 10.6 Å². The number of hydrogen-bond donors (Lipinski definition) is 1. The van der Waals surface area contributed by atoms with Crippen LogP contribution in [0.5, 0.6) is 0 Å². The largest absolute Gasteiger partial charge is 0.369 e. The molecule has 0 saturated carbocycles. The topological polar surface area (TPSA) is 90.4 Å². The summed E-state index contributed by atoms with van der Waals surface area (Å²) in [5.41, 5.74) is 5.25. The molecule has 0 aromatic rings. The van der Waals surface area contributed by atoms with Gasteiger partial charge in [-0.15, -0.1) is 0 Å². The molecule has 1 aliphatic rings. The van der Waals surface area contributed by atoms with E-state index in [4.69, 9.17) is 11.0 Å². The summed E-state index contributed by atoms with van der Waals surface area (Å²) in [6.45, 7) is 2.28. The molecular formula is C12H20N4O2. The molecule has 1 aliphatic heterocycles. The second-order valence-corrected chi connectivity index (χ2v) is 4.68. The van der Waals surface area contributed by atoms with Crippen LogP contribution in [0.4, 0.5) is 0 Å². The Kier molecular flexibility index (Phi) is 5.59. The molecule has 2 amide bonds. The molecule has 18 heavy (non-hydrogen) atoms. The average molecular weight is 252 g/mol. The van der Waals surface area contributed by atoms with Crippen LogP contribution in [0.1, 0.15) is 19.3 Å². The van der Waals surface area contributed by atoms with Crippen LogP contribution in [0.15, 0.2) is 0 Å². The summed E-state index contributed by atoms with van der Waals surface area (Å²) in [6, 6.07) is 2.02. The number of likely N-dealkylation sites (tertiary alicyclic amines) is 1. The number of primary amides is 1.